The lowest BCUT2D eigenvalue weighted by Gasteiger charge is -2.10. The average Bonchev–Trinajstić information content (AvgIpc) is 2.71. The van der Waals surface area contributed by atoms with Gasteiger partial charge in [0.1, 0.15) is 5.00 Å². The molecule has 2 N–H and O–H groups in total. The van der Waals surface area contributed by atoms with Crippen molar-refractivity contribution in [2.45, 2.75) is 27.7 Å². The van der Waals surface area contributed by atoms with Crippen LogP contribution >= 0.6 is 23.6 Å². The predicted molar refractivity (Wildman–Crippen MR) is 96.5 cm³/mol. The summed E-state index contributed by atoms with van der Waals surface area (Å²) in [4.78, 5) is 21.5. The van der Waals surface area contributed by atoms with Gasteiger partial charge in [0.25, 0.3) is 0 Å². The van der Waals surface area contributed by atoms with Gasteiger partial charge in [0.15, 0.2) is 5.11 Å². The summed E-state index contributed by atoms with van der Waals surface area (Å²) in [6.07, 6.45) is 0. The number of nitrogens with one attached hydrogen (secondary N) is 2. The average molecular weight is 350 g/mol. The molecule has 6 nitrogen and oxygen atoms in total. The number of methoxy groups -OCH3 is 1. The Hall–Kier alpha value is -2.06. The van der Waals surface area contributed by atoms with Crippen molar-refractivity contribution in [3.8, 4) is 0 Å². The van der Waals surface area contributed by atoms with Crippen LogP contribution in [-0.4, -0.2) is 28.2 Å². The van der Waals surface area contributed by atoms with E-state index in [0.29, 0.717) is 21.6 Å². The summed E-state index contributed by atoms with van der Waals surface area (Å²) in [5.41, 5.74) is 3.08. The van der Waals surface area contributed by atoms with E-state index in [4.69, 9.17) is 17.0 Å². The van der Waals surface area contributed by atoms with Crippen molar-refractivity contribution in [3.63, 3.8) is 0 Å². The fraction of sp³-hybridized carbons (Fsp3) is 0.333. The molecular weight excluding hydrogens is 332 g/mol. The molecule has 0 spiro atoms. The maximum Gasteiger partial charge on any atom is 0.341 e. The fourth-order valence-electron chi connectivity index (χ4n) is 2.08. The van der Waals surface area contributed by atoms with Crippen LogP contribution in [0.5, 0.6) is 0 Å². The summed E-state index contributed by atoms with van der Waals surface area (Å²) < 4.78 is 4.84. The third kappa shape index (κ3) is 4.02. The van der Waals surface area contributed by atoms with Crippen LogP contribution in [0.1, 0.15) is 32.2 Å². The normalized spacial score (nSPS) is 10.3. The molecule has 0 radical (unpaired) electrons. The number of hydrogen-bond donors (Lipinski definition) is 2. The Morgan fingerprint density at radius 2 is 1.78 bits per heavy atom. The molecule has 0 atom stereocenters. The lowest BCUT2D eigenvalue weighted by molar-refractivity contribution is 0.0601. The molecule has 0 bridgehead atoms. The molecule has 0 amide bonds. The number of thiocarbonyl (C=S) groups is 1. The monoisotopic (exact) mass is 350 g/mol. The molecule has 2 aromatic heterocycles. The Balaban J connectivity index is 2.20. The first-order valence-corrected chi connectivity index (χ1v) is 8.13. The van der Waals surface area contributed by atoms with E-state index in [-0.39, 0.29) is 5.97 Å². The van der Waals surface area contributed by atoms with Crippen molar-refractivity contribution in [1.29, 1.82) is 0 Å². The molecule has 0 unspecified atom stereocenters. The topological polar surface area (TPSA) is 76.1 Å². The van der Waals surface area contributed by atoms with Crippen molar-refractivity contribution in [2.75, 3.05) is 17.7 Å². The molecule has 0 saturated heterocycles. The second kappa shape index (κ2) is 7.01. The lowest BCUT2D eigenvalue weighted by Crippen LogP contribution is -2.21. The van der Waals surface area contributed by atoms with E-state index < -0.39 is 0 Å². The molecule has 23 heavy (non-hydrogen) atoms. The summed E-state index contributed by atoms with van der Waals surface area (Å²) in [6, 6.07) is 1.88. The minimum absolute atomic E-state index is 0.321. The summed E-state index contributed by atoms with van der Waals surface area (Å²) in [6.45, 7) is 7.60. The maximum absolute atomic E-state index is 12.0. The van der Waals surface area contributed by atoms with Crippen molar-refractivity contribution in [3.05, 3.63) is 33.5 Å². The molecule has 0 saturated carbocycles. The smallest absolute Gasteiger partial charge is 0.341 e. The number of ether oxygens (including phenoxy) is 1. The number of esters is 1. The highest BCUT2D eigenvalue weighted by Gasteiger charge is 2.20. The molecular formula is C15H18N4O2S2. The van der Waals surface area contributed by atoms with Gasteiger partial charge in [-0.2, -0.15) is 0 Å². The molecule has 0 aliphatic heterocycles. The Morgan fingerprint density at radius 1 is 1.17 bits per heavy atom. The molecule has 122 valence electrons. The van der Waals surface area contributed by atoms with Crippen LogP contribution in [0.15, 0.2) is 6.07 Å². The maximum atomic E-state index is 12.0. The van der Waals surface area contributed by atoms with Crippen LogP contribution in [0.4, 0.5) is 10.9 Å². The number of aromatic nitrogens is 2. The third-order valence-electron chi connectivity index (χ3n) is 3.21. The number of carbonyl (C=O) groups excluding carboxylic acids is 1. The van der Waals surface area contributed by atoms with Gasteiger partial charge < -0.3 is 15.4 Å². The first-order chi connectivity index (χ1) is 10.8. The van der Waals surface area contributed by atoms with E-state index in [2.05, 4.69) is 20.6 Å². The van der Waals surface area contributed by atoms with Crippen molar-refractivity contribution in [2.24, 2.45) is 0 Å². The Bertz CT molecular complexity index is 751. The van der Waals surface area contributed by atoms with Crippen molar-refractivity contribution >= 4 is 45.6 Å². The van der Waals surface area contributed by atoms with E-state index >= 15 is 0 Å². The van der Waals surface area contributed by atoms with Gasteiger partial charge in [0.05, 0.1) is 12.7 Å². The summed E-state index contributed by atoms with van der Waals surface area (Å²) in [7, 11) is 1.36. The number of anilines is 2. The zero-order valence-corrected chi connectivity index (χ0v) is 15.2. The van der Waals surface area contributed by atoms with Crippen LogP contribution in [0.2, 0.25) is 0 Å². The molecule has 0 aliphatic carbocycles. The highest BCUT2D eigenvalue weighted by atomic mass is 32.1. The number of hydrogen-bond acceptors (Lipinski definition) is 6. The highest BCUT2D eigenvalue weighted by molar-refractivity contribution is 7.80. The van der Waals surface area contributed by atoms with Gasteiger partial charge in [-0.1, -0.05) is 0 Å². The van der Waals surface area contributed by atoms with Crippen LogP contribution < -0.4 is 10.6 Å². The molecule has 0 aromatic carbocycles. The predicted octanol–water partition coefficient (Wildman–Crippen LogP) is 3.37. The number of carbonyl (C=O) groups is 1. The SMILES string of the molecule is COC(=O)c1c(NC(=S)Nc2nc(C)cc(C)n2)sc(C)c1C. The lowest BCUT2D eigenvalue weighted by atomic mass is 10.1. The molecule has 2 aromatic rings. The van der Waals surface area contributed by atoms with Gasteiger partial charge in [-0.3, -0.25) is 0 Å². The van der Waals surface area contributed by atoms with Crippen LogP contribution in [0, 0.1) is 27.7 Å². The van der Waals surface area contributed by atoms with Crippen molar-refractivity contribution < 1.29 is 9.53 Å². The largest absolute Gasteiger partial charge is 0.465 e. The number of rotatable bonds is 3. The second-order valence-electron chi connectivity index (χ2n) is 5.03. The molecule has 2 rings (SSSR count). The third-order valence-corrected chi connectivity index (χ3v) is 4.54. The standard InChI is InChI=1S/C15H18N4O2S2/c1-7-6-8(2)17-14(16-7)19-15(22)18-12-11(13(20)21-5)9(3)10(4)23-12/h6H,1-5H3,(H2,16,17,18,19,22). The highest BCUT2D eigenvalue weighted by Crippen LogP contribution is 2.33. The van der Waals surface area contributed by atoms with E-state index in [0.717, 1.165) is 21.8 Å². The first kappa shape index (κ1) is 17.3. The molecule has 2 heterocycles. The fourth-order valence-corrected chi connectivity index (χ4v) is 3.39. The van der Waals surface area contributed by atoms with Crippen LogP contribution in [-0.2, 0) is 4.74 Å². The van der Waals surface area contributed by atoms with Gasteiger partial charge in [-0.05, 0) is 51.5 Å². The molecule has 8 heteroatoms. The van der Waals surface area contributed by atoms with Crippen LogP contribution in [0.25, 0.3) is 0 Å². The van der Waals surface area contributed by atoms with Gasteiger partial charge in [0, 0.05) is 16.3 Å². The van der Waals surface area contributed by atoms with E-state index in [1.54, 1.807) is 0 Å². The van der Waals surface area contributed by atoms with Crippen molar-refractivity contribution in [1.82, 2.24) is 9.97 Å². The van der Waals surface area contributed by atoms with E-state index in [9.17, 15) is 4.79 Å². The number of thiophene rings is 1. The molecule has 0 fully saturated rings. The Morgan fingerprint density at radius 3 is 2.35 bits per heavy atom. The van der Waals surface area contributed by atoms with E-state index in [1.165, 1.54) is 18.4 Å². The van der Waals surface area contributed by atoms with Gasteiger partial charge in [0.2, 0.25) is 5.95 Å². The summed E-state index contributed by atoms with van der Waals surface area (Å²) >= 11 is 6.74. The minimum atomic E-state index is -0.389. The minimum Gasteiger partial charge on any atom is -0.465 e. The number of aryl methyl sites for hydroxylation is 3. The van der Waals surface area contributed by atoms with Crippen LogP contribution in [0.3, 0.4) is 0 Å². The zero-order valence-electron chi connectivity index (χ0n) is 13.6. The Kier molecular flexibility index (Phi) is 5.27. The first-order valence-electron chi connectivity index (χ1n) is 6.90. The zero-order chi connectivity index (χ0) is 17.1. The Labute approximate surface area is 144 Å². The number of nitrogens with zero attached hydrogens (tertiary/aromatic N) is 2. The molecule has 0 aliphatic rings. The van der Waals surface area contributed by atoms with Gasteiger partial charge in [-0.15, -0.1) is 11.3 Å². The summed E-state index contributed by atoms with van der Waals surface area (Å²) in [5, 5.41) is 6.94. The van der Waals surface area contributed by atoms with Gasteiger partial charge in [-0.25, -0.2) is 14.8 Å². The quantitative estimate of drug-likeness (QED) is 0.649. The van der Waals surface area contributed by atoms with Gasteiger partial charge >= 0.3 is 5.97 Å². The summed E-state index contributed by atoms with van der Waals surface area (Å²) in [5.74, 6) is 0.0319. The second-order valence-corrected chi connectivity index (χ2v) is 6.67. The van der Waals surface area contributed by atoms with E-state index in [1.807, 2.05) is 33.8 Å².